The Morgan fingerprint density at radius 2 is 1.95 bits per heavy atom. The summed E-state index contributed by atoms with van der Waals surface area (Å²) in [6, 6.07) is 9.08. The molecule has 0 aliphatic carbocycles. The Bertz CT molecular complexity index is 812. The van der Waals surface area contributed by atoms with E-state index in [-0.39, 0.29) is 11.5 Å². The van der Waals surface area contributed by atoms with Gasteiger partial charge in [0, 0.05) is 11.8 Å². The van der Waals surface area contributed by atoms with E-state index in [2.05, 4.69) is 20.9 Å². The van der Waals surface area contributed by atoms with Gasteiger partial charge in [0.15, 0.2) is 11.3 Å². The maximum Gasteiger partial charge on any atom is 0.355 e. The molecule has 100 valence electrons. The minimum absolute atomic E-state index is 0.0490. The van der Waals surface area contributed by atoms with Crippen LogP contribution in [0.5, 0.6) is 0 Å². The van der Waals surface area contributed by atoms with Crippen molar-refractivity contribution in [2.75, 3.05) is 0 Å². The molecule has 0 unspecified atom stereocenters. The molecule has 0 atom stereocenters. The first-order valence-corrected chi connectivity index (χ1v) is 6.53. The van der Waals surface area contributed by atoms with Gasteiger partial charge in [0.05, 0.1) is 4.47 Å². The van der Waals surface area contributed by atoms with Crippen LogP contribution < -0.4 is 0 Å². The summed E-state index contributed by atoms with van der Waals surface area (Å²) in [7, 11) is 0. The van der Waals surface area contributed by atoms with Gasteiger partial charge in [0.1, 0.15) is 11.5 Å². The zero-order chi connectivity index (χ0) is 14.3. The van der Waals surface area contributed by atoms with Crippen LogP contribution in [0.25, 0.3) is 16.9 Å². The Morgan fingerprint density at radius 3 is 2.60 bits per heavy atom. The van der Waals surface area contributed by atoms with Crippen LogP contribution in [0, 0.1) is 5.82 Å². The summed E-state index contributed by atoms with van der Waals surface area (Å²) >= 11 is 3.34. The summed E-state index contributed by atoms with van der Waals surface area (Å²) < 4.78 is 15.2. The van der Waals surface area contributed by atoms with Gasteiger partial charge in [-0.2, -0.15) is 0 Å². The van der Waals surface area contributed by atoms with Gasteiger partial charge in [-0.05, 0) is 52.3 Å². The second kappa shape index (κ2) is 4.72. The lowest BCUT2D eigenvalue weighted by Gasteiger charge is -2.00. The fraction of sp³-hybridized carbons (Fsp3) is 0. The Hall–Kier alpha value is -2.21. The van der Waals surface area contributed by atoms with E-state index >= 15 is 0 Å². The predicted octanol–water partition coefficient (Wildman–Crippen LogP) is 3.60. The van der Waals surface area contributed by atoms with Crippen LogP contribution >= 0.6 is 15.9 Å². The average molecular weight is 335 g/mol. The molecule has 0 fully saturated rings. The van der Waals surface area contributed by atoms with Crippen molar-refractivity contribution in [3.8, 4) is 11.3 Å². The van der Waals surface area contributed by atoms with E-state index in [0.29, 0.717) is 21.4 Å². The fourth-order valence-electron chi connectivity index (χ4n) is 2.05. The highest BCUT2D eigenvalue weighted by atomic mass is 79.9. The minimum atomic E-state index is -1.09. The lowest BCUT2D eigenvalue weighted by atomic mass is 10.1. The molecule has 0 aliphatic rings. The third-order valence-electron chi connectivity index (χ3n) is 2.92. The molecule has 2 heterocycles. The molecule has 0 saturated carbocycles. The number of imidazole rings is 1. The second-order valence-corrected chi connectivity index (χ2v) is 5.03. The molecule has 3 rings (SSSR count). The van der Waals surface area contributed by atoms with E-state index in [1.165, 1.54) is 28.7 Å². The molecule has 20 heavy (non-hydrogen) atoms. The highest BCUT2D eigenvalue weighted by Crippen LogP contribution is 2.27. The van der Waals surface area contributed by atoms with Crippen molar-refractivity contribution in [2.45, 2.75) is 0 Å². The summed E-state index contributed by atoms with van der Waals surface area (Å²) in [6.45, 7) is 0. The van der Waals surface area contributed by atoms with Gasteiger partial charge >= 0.3 is 5.97 Å². The number of hydrogen-bond donors (Lipinski definition) is 1. The van der Waals surface area contributed by atoms with E-state index in [0.717, 1.165) is 0 Å². The number of halogens is 2. The Labute approximate surface area is 121 Å². The highest BCUT2D eigenvalue weighted by molar-refractivity contribution is 9.10. The first kappa shape index (κ1) is 12.8. The molecule has 2 aromatic heterocycles. The number of carbonyl (C=O) groups is 1. The number of benzene rings is 1. The van der Waals surface area contributed by atoms with Crippen molar-refractivity contribution in [1.82, 2.24) is 9.38 Å². The third-order valence-corrected chi connectivity index (χ3v) is 3.54. The summed E-state index contributed by atoms with van der Waals surface area (Å²) in [5.74, 6) is -1.47. The first-order valence-electron chi connectivity index (χ1n) is 5.74. The van der Waals surface area contributed by atoms with Crippen molar-refractivity contribution in [2.24, 2.45) is 0 Å². The maximum absolute atomic E-state index is 13.0. The smallest absolute Gasteiger partial charge is 0.355 e. The summed E-state index contributed by atoms with van der Waals surface area (Å²) in [4.78, 5) is 15.8. The topological polar surface area (TPSA) is 54.6 Å². The van der Waals surface area contributed by atoms with Crippen LogP contribution in [0.1, 0.15) is 10.5 Å². The van der Waals surface area contributed by atoms with Crippen molar-refractivity contribution in [1.29, 1.82) is 0 Å². The van der Waals surface area contributed by atoms with Crippen molar-refractivity contribution in [3.05, 3.63) is 58.6 Å². The molecule has 3 aromatic rings. The number of rotatable bonds is 2. The van der Waals surface area contributed by atoms with Gasteiger partial charge in [-0.1, -0.05) is 0 Å². The van der Waals surface area contributed by atoms with Crippen LogP contribution in [0.3, 0.4) is 0 Å². The maximum atomic E-state index is 13.0. The lowest BCUT2D eigenvalue weighted by molar-refractivity contribution is 0.0690. The van der Waals surface area contributed by atoms with Gasteiger partial charge < -0.3 is 5.11 Å². The van der Waals surface area contributed by atoms with Gasteiger partial charge in [0.2, 0.25) is 0 Å². The molecule has 0 radical (unpaired) electrons. The average Bonchev–Trinajstić information content (AvgIpc) is 2.80. The molecular weight excluding hydrogens is 327 g/mol. The molecule has 0 aliphatic heterocycles. The largest absolute Gasteiger partial charge is 0.476 e. The summed E-state index contributed by atoms with van der Waals surface area (Å²) in [5.41, 5.74) is 1.42. The molecule has 0 bridgehead atoms. The number of aromatic carboxylic acids is 1. The van der Waals surface area contributed by atoms with Crippen LogP contribution in [-0.4, -0.2) is 20.5 Å². The number of pyridine rings is 1. The molecule has 0 amide bonds. The monoisotopic (exact) mass is 334 g/mol. The first-order chi connectivity index (χ1) is 9.58. The molecule has 6 heteroatoms. The molecular formula is C14H8BrFN2O2. The quantitative estimate of drug-likeness (QED) is 0.779. The Kier molecular flexibility index (Phi) is 3.02. The molecule has 0 saturated heterocycles. The lowest BCUT2D eigenvalue weighted by Crippen LogP contribution is -2.03. The van der Waals surface area contributed by atoms with E-state index < -0.39 is 5.97 Å². The third kappa shape index (κ3) is 1.98. The Morgan fingerprint density at radius 1 is 1.25 bits per heavy atom. The van der Waals surface area contributed by atoms with E-state index in [9.17, 15) is 14.3 Å². The molecule has 1 N–H and O–H groups in total. The number of carboxylic acid groups (broad SMARTS) is 1. The van der Waals surface area contributed by atoms with Crippen LogP contribution in [-0.2, 0) is 0 Å². The van der Waals surface area contributed by atoms with Gasteiger partial charge in [0.25, 0.3) is 0 Å². The van der Waals surface area contributed by atoms with Gasteiger partial charge in [-0.3, -0.25) is 4.40 Å². The summed E-state index contributed by atoms with van der Waals surface area (Å²) in [6.07, 6.45) is 1.63. The standard InChI is InChI=1S/C14H8BrFN2O2/c15-10-2-1-7-18-12(14(19)20)11(17-13(10)18)8-3-5-9(16)6-4-8/h1-7H,(H,19,20). The van der Waals surface area contributed by atoms with Crippen LogP contribution in [0.2, 0.25) is 0 Å². The van der Waals surface area contributed by atoms with Crippen molar-refractivity contribution >= 4 is 27.5 Å². The normalized spacial score (nSPS) is 10.9. The van der Waals surface area contributed by atoms with Crippen LogP contribution in [0.4, 0.5) is 4.39 Å². The van der Waals surface area contributed by atoms with Gasteiger partial charge in [-0.15, -0.1) is 0 Å². The van der Waals surface area contributed by atoms with Crippen molar-refractivity contribution in [3.63, 3.8) is 0 Å². The molecule has 1 aromatic carbocycles. The molecule has 4 nitrogen and oxygen atoms in total. The number of carboxylic acids is 1. The van der Waals surface area contributed by atoms with Crippen LogP contribution in [0.15, 0.2) is 47.1 Å². The van der Waals surface area contributed by atoms with E-state index in [1.54, 1.807) is 18.3 Å². The van der Waals surface area contributed by atoms with Crippen molar-refractivity contribution < 1.29 is 14.3 Å². The Balaban J connectivity index is 2.35. The zero-order valence-corrected chi connectivity index (χ0v) is 11.6. The molecule has 0 spiro atoms. The van der Waals surface area contributed by atoms with E-state index in [1.807, 2.05) is 0 Å². The van der Waals surface area contributed by atoms with E-state index in [4.69, 9.17) is 0 Å². The fourth-order valence-corrected chi connectivity index (χ4v) is 2.48. The number of hydrogen-bond acceptors (Lipinski definition) is 2. The summed E-state index contributed by atoms with van der Waals surface area (Å²) in [5, 5.41) is 9.41. The predicted molar refractivity (Wildman–Crippen MR) is 75.2 cm³/mol. The minimum Gasteiger partial charge on any atom is -0.476 e. The highest BCUT2D eigenvalue weighted by Gasteiger charge is 2.20. The number of fused-ring (bicyclic) bond motifs is 1. The number of nitrogens with zero attached hydrogens (tertiary/aromatic N) is 2. The van der Waals surface area contributed by atoms with Gasteiger partial charge in [-0.25, -0.2) is 14.2 Å². The second-order valence-electron chi connectivity index (χ2n) is 4.17. The zero-order valence-electron chi connectivity index (χ0n) is 10.0. The number of aromatic nitrogens is 2. The SMILES string of the molecule is O=C(O)c1c(-c2ccc(F)cc2)nc2c(Br)cccn12.